The molecule has 1 fully saturated rings. The molecule has 0 aromatic heterocycles. The lowest BCUT2D eigenvalue weighted by Gasteiger charge is -2.28. The Morgan fingerprint density at radius 1 is 0.970 bits per heavy atom. The number of benzene rings is 2. The van der Waals surface area contributed by atoms with Crippen LogP contribution in [-0.2, 0) is 25.6 Å². The number of carbonyl (C=O) groups is 4. The van der Waals surface area contributed by atoms with E-state index in [0.717, 1.165) is 10.5 Å². The van der Waals surface area contributed by atoms with Gasteiger partial charge in [-0.2, -0.15) is 0 Å². The Morgan fingerprint density at radius 3 is 2.09 bits per heavy atom. The normalized spacial score (nSPS) is 15.5. The molecule has 0 bridgehead atoms. The van der Waals surface area contributed by atoms with Crippen LogP contribution < -0.4 is 14.4 Å². The molecule has 0 radical (unpaired) electrons. The Morgan fingerprint density at radius 2 is 1.55 bits per heavy atom. The number of ether oxygens (including phenoxy) is 2. The number of carboxylic acid groups (broad SMARTS) is 1. The molecule has 1 saturated heterocycles. The van der Waals surface area contributed by atoms with Crippen molar-refractivity contribution < 1.29 is 33.8 Å². The van der Waals surface area contributed by atoms with Crippen LogP contribution in [0.1, 0.15) is 24.8 Å². The van der Waals surface area contributed by atoms with E-state index < -0.39 is 29.7 Å². The van der Waals surface area contributed by atoms with E-state index in [1.807, 2.05) is 12.1 Å². The van der Waals surface area contributed by atoms with Crippen molar-refractivity contribution in [3.63, 3.8) is 0 Å². The number of aliphatic carboxylic acids is 1. The molecule has 174 valence electrons. The number of nitrogens with zero attached hydrogens (tertiary/aromatic N) is 2. The summed E-state index contributed by atoms with van der Waals surface area (Å²) in [6.45, 7) is 0.172. The molecule has 2 aromatic carbocycles. The Labute approximate surface area is 191 Å². The molecular weight excluding hydrogens is 428 g/mol. The summed E-state index contributed by atoms with van der Waals surface area (Å²) in [5, 5.41) is 8.97. The summed E-state index contributed by atoms with van der Waals surface area (Å²) in [4.78, 5) is 52.2. The van der Waals surface area contributed by atoms with Crippen LogP contribution in [0, 0.1) is 0 Å². The monoisotopic (exact) mass is 454 g/mol. The molecule has 9 nitrogen and oxygen atoms in total. The Hall–Kier alpha value is -3.88. The van der Waals surface area contributed by atoms with Gasteiger partial charge in [-0.15, -0.1) is 0 Å². The second-order valence-corrected chi connectivity index (χ2v) is 7.56. The van der Waals surface area contributed by atoms with Crippen molar-refractivity contribution >= 4 is 29.4 Å². The first-order chi connectivity index (χ1) is 15.8. The van der Waals surface area contributed by atoms with Gasteiger partial charge in [-0.25, -0.2) is 4.90 Å². The first kappa shape index (κ1) is 23.8. The fourth-order valence-corrected chi connectivity index (χ4v) is 3.72. The molecule has 1 atom stereocenters. The summed E-state index contributed by atoms with van der Waals surface area (Å²) >= 11 is 0. The van der Waals surface area contributed by atoms with E-state index in [1.54, 1.807) is 43.5 Å². The smallest absolute Gasteiger partial charge is 0.303 e. The van der Waals surface area contributed by atoms with Crippen LogP contribution in [0.3, 0.4) is 0 Å². The van der Waals surface area contributed by atoms with Gasteiger partial charge in [0.2, 0.25) is 11.8 Å². The first-order valence-corrected chi connectivity index (χ1v) is 10.5. The molecule has 3 amide bonds. The lowest BCUT2D eigenvalue weighted by molar-refractivity contribution is -0.143. The molecule has 9 heteroatoms. The molecule has 0 spiro atoms. The lowest BCUT2D eigenvalue weighted by Crippen LogP contribution is -2.46. The Bertz CT molecular complexity index is 1020. The average molecular weight is 454 g/mol. The van der Waals surface area contributed by atoms with E-state index in [9.17, 15) is 19.2 Å². The van der Waals surface area contributed by atoms with Gasteiger partial charge in [-0.3, -0.25) is 19.2 Å². The zero-order valence-corrected chi connectivity index (χ0v) is 18.5. The largest absolute Gasteiger partial charge is 0.497 e. The van der Waals surface area contributed by atoms with Gasteiger partial charge in [0.15, 0.2) is 0 Å². The van der Waals surface area contributed by atoms with Gasteiger partial charge in [-0.05, 0) is 48.4 Å². The van der Waals surface area contributed by atoms with E-state index in [1.165, 1.54) is 12.0 Å². The number of carbonyl (C=O) groups excluding carboxylic acids is 3. The van der Waals surface area contributed by atoms with E-state index in [2.05, 4.69) is 0 Å². The number of anilines is 1. The molecular formula is C24H26N2O7. The van der Waals surface area contributed by atoms with Crippen molar-refractivity contribution in [3.05, 3.63) is 54.1 Å². The van der Waals surface area contributed by atoms with Crippen molar-refractivity contribution in [2.75, 3.05) is 25.7 Å². The molecule has 1 aliphatic rings. The quantitative estimate of drug-likeness (QED) is 0.548. The number of hydrogen-bond donors (Lipinski definition) is 1. The van der Waals surface area contributed by atoms with Crippen molar-refractivity contribution in [1.82, 2.24) is 4.90 Å². The predicted molar refractivity (Wildman–Crippen MR) is 119 cm³/mol. The number of hydrogen-bond acceptors (Lipinski definition) is 6. The van der Waals surface area contributed by atoms with E-state index in [-0.39, 0.29) is 25.8 Å². The number of imide groups is 1. The molecule has 0 aliphatic carbocycles. The van der Waals surface area contributed by atoms with Gasteiger partial charge >= 0.3 is 5.97 Å². The summed E-state index contributed by atoms with van der Waals surface area (Å²) in [6, 6.07) is 12.8. The minimum absolute atomic E-state index is 0.160. The summed E-state index contributed by atoms with van der Waals surface area (Å²) in [5.41, 5.74) is 1.30. The summed E-state index contributed by atoms with van der Waals surface area (Å²) in [7, 11) is 3.08. The Balaban J connectivity index is 1.80. The van der Waals surface area contributed by atoms with Gasteiger partial charge in [0.1, 0.15) is 17.5 Å². The fourth-order valence-electron chi connectivity index (χ4n) is 3.72. The van der Waals surface area contributed by atoms with Crippen LogP contribution in [0.2, 0.25) is 0 Å². The van der Waals surface area contributed by atoms with Gasteiger partial charge in [0.25, 0.3) is 5.91 Å². The minimum Gasteiger partial charge on any atom is -0.497 e. The molecule has 1 heterocycles. The Kier molecular flexibility index (Phi) is 7.66. The maximum Gasteiger partial charge on any atom is 0.303 e. The summed E-state index contributed by atoms with van der Waals surface area (Å²) in [5.74, 6) is -1.24. The van der Waals surface area contributed by atoms with Crippen LogP contribution >= 0.6 is 0 Å². The molecule has 1 aliphatic heterocycles. The zero-order valence-electron chi connectivity index (χ0n) is 18.5. The minimum atomic E-state index is -1.10. The topological polar surface area (TPSA) is 113 Å². The lowest BCUT2D eigenvalue weighted by atomic mass is 10.1. The van der Waals surface area contributed by atoms with Gasteiger partial charge < -0.3 is 19.5 Å². The molecule has 0 unspecified atom stereocenters. The highest BCUT2D eigenvalue weighted by molar-refractivity contribution is 6.23. The van der Waals surface area contributed by atoms with Crippen LogP contribution in [-0.4, -0.2) is 60.5 Å². The summed E-state index contributed by atoms with van der Waals surface area (Å²) < 4.78 is 10.3. The van der Waals surface area contributed by atoms with Gasteiger partial charge in [-0.1, -0.05) is 12.1 Å². The van der Waals surface area contributed by atoms with Crippen molar-refractivity contribution in [2.24, 2.45) is 0 Å². The zero-order chi connectivity index (χ0) is 24.0. The third-order valence-corrected chi connectivity index (χ3v) is 5.50. The highest BCUT2D eigenvalue weighted by Gasteiger charge is 2.44. The number of carboxylic acids is 1. The maximum absolute atomic E-state index is 13.2. The highest BCUT2D eigenvalue weighted by Crippen LogP contribution is 2.28. The number of rotatable bonds is 10. The average Bonchev–Trinajstić information content (AvgIpc) is 3.11. The second kappa shape index (κ2) is 10.6. The third-order valence-electron chi connectivity index (χ3n) is 5.50. The summed E-state index contributed by atoms with van der Waals surface area (Å²) in [6.07, 6.45) is -0.330. The van der Waals surface area contributed by atoms with Gasteiger partial charge in [0, 0.05) is 13.0 Å². The van der Waals surface area contributed by atoms with Crippen LogP contribution in [0.25, 0.3) is 0 Å². The SMILES string of the molecule is COc1ccc(CCN(C(=O)CCC(=O)O)[C@H]2CC(=O)N(c3ccc(OC)cc3)C2=O)cc1. The number of methoxy groups -OCH3 is 2. The molecule has 33 heavy (non-hydrogen) atoms. The van der Waals surface area contributed by atoms with E-state index >= 15 is 0 Å². The van der Waals surface area contributed by atoms with Crippen LogP contribution in [0.15, 0.2) is 48.5 Å². The van der Waals surface area contributed by atoms with E-state index in [4.69, 9.17) is 14.6 Å². The van der Waals surface area contributed by atoms with Crippen molar-refractivity contribution in [2.45, 2.75) is 31.7 Å². The highest BCUT2D eigenvalue weighted by atomic mass is 16.5. The van der Waals surface area contributed by atoms with E-state index in [0.29, 0.717) is 23.6 Å². The maximum atomic E-state index is 13.2. The molecule has 3 rings (SSSR count). The van der Waals surface area contributed by atoms with Crippen LogP contribution in [0.4, 0.5) is 5.69 Å². The van der Waals surface area contributed by atoms with Gasteiger partial charge in [0.05, 0.1) is 32.7 Å². The molecule has 1 N–H and O–H groups in total. The molecule has 0 saturated carbocycles. The fraction of sp³-hybridized carbons (Fsp3) is 0.333. The predicted octanol–water partition coefficient (Wildman–Crippen LogP) is 2.27. The van der Waals surface area contributed by atoms with Crippen LogP contribution in [0.5, 0.6) is 11.5 Å². The second-order valence-electron chi connectivity index (χ2n) is 7.56. The first-order valence-electron chi connectivity index (χ1n) is 10.5. The third kappa shape index (κ3) is 5.68. The van der Waals surface area contributed by atoms with Crippen molar-refractivity contribution in [1.29, 1.82) is 0 Å². The molecule has 2 aromatic rings. The van der Waals surface area contributed by atoms with Crippen molar-refractivity contribution in [3.8, 4) is 11.5 Å². The number of amides is 3. The standard InChI is InChI=1S/C24H26N2O7/c1-32-18-7-3-16(4-8-18)13-14-25(21(27)11-12-23(29)30)20-15-22(28)26(24(20)31)17-5-9-19(33-2)10-6-17/h3-10,20H,11-15H2,1-2H3,(H,29,30)/t20-/m0/s1.